The predicted octanol–water partition coefficient (Wildman–Crippen LogP) is 4.02. The van der Waals surface area contributed by atoms with E-state index in [1.165, 1.54) is 0 Å². The summed E-state index contributed by atoms with van der Waals surface area (Å²) in [7, 11) is -3.67. The van der Waals surface area contributed by atoms with Crippen LogP contribution in [0.4, 0.5) is 5.69 Å². The molecule has 23 heavy (non-hydrogen) atoms. The molecule has 3 rings (SSSR count). The molecule has 0 saturated carbocycles. The molecule has 116 valence electrons. The normalized spacial score (nSPS) is 13.2. The van der Waals surface area contributed by atoms with Crippen LogP contribution in [-0.4, -0.2) is 8.42 Å². The summed E-state index contributed by atoms with van der Waals surface area (Å²) in [6.45, 7) is 1.92. The average Bonchev–Trinajstić information content (AvgIpc) is 2.95. The summed E-state index contributed by atoms with van der Waals surface area (Å²) < 4.78 is 28.5. The number of hydrogen-bond acceptors (Lipinski definition) is 3. The SMILES string of the molecule is Cc1ccc(NS(=O)(=O)c2ccc(Br)cc2)c2c1C(C#N)=CC2. The van der Waals surface area contributed by atoms with Crippen LogP contribution in [0, 0.1) is 18.3 Å². The fourth-order valence-electron chi connectivity index (χ4n) is 2.67. The molecule has 4 nitrogen and oxygen atoms in total. The highest BCUT2D eigenvalue weighted by molar-refractivity contribution is 9.10. The maximum absolute atomic E-state index is 12.5. The smallest absolute Gasteiger partial charge is 0.261 e. The number of nitrogens with one attached hydrogen (secondary N) is 1. The molecule has 2 aromatic carbocycles. The number of nitrogens with zero attached hydrogens (tertiary/aromatic N) is 1. The standard InChI is InChI=1S/C17H13BrN2O2S/c1-11-2-9-16(15-8-3-12(10-19)17(11)15)20-23(21,22)14-6-4-13(18)5-7-14/h2-7,9,20H,8H2,1H3. The lowest BCUT2D eigenvalue weighted by Crippen LogP contribution is -2.14. The molecule has 0 radical (unpaired) electrons. The van der Waals surface area contributed by atoms with Gasteiger partial charge in [0.15, 0.2) is 0 Å². The van der Waals surface area contributed by atoms with E-state index in [0.717, 1.165) is 21.2 Å². The summed E-state index contributed by atoms with van der Waals surface area (Å²) in [5.74, 6) is 0. The number of aryl methyl sites for hydroxylation is 1. The van der Waals surface area contributed by atoms with Gasteiger partial charge in [0.1, 0.15) is 0 Å². The molecule has 0 heterocycles. The topological polar surface area (TPSA) is 70.0 Å². The van der Waals surface area contributed by atoms with Crippen molar-refractivity contribution < 1.29 is 8.42 Å². The third-order valence-corrected chi connectivity index (χ3v) is 5.70. The van der Waals surface area contributed by atoms with Gasteiger partial charge >= 0.3 is 0 Å². The Morgan fingerprint density at radius 2 is 1.87 bits per heavy atom. The second-order valence-electron chi connectivity index (χ2n) is 5.28. The highest BCUT2D eigenvalue weighted by Gasteiger charge is 2.22. The molecule has 0 atom stereocenters. The van der Waals surface area contributed by atoms with Gasteiger partial charge in [-0.1, -0.05) is 28.1 Å². The van der Waals surface area contributed by atoms with Crippen LogP contribution >= 0.6 is 15.9 Å². The number of halogens is 1. The molecule has 0 saturated heterocycles. The first-order valence-corrected chi connectivity index (χ1v) is 9.21. The molecule has 1 aliphatic carbocycles. The minimum atomic E-state index is -3.67. The summed E-state index contributed by atoms with van der Waals surface area (Å²) >= 11 is 3.29. The first-order chi connectivity index (χ1) is 10.9. The Morgan fingerprint density at radius 1 is 1.17 bits per heavy atom. The van der Waals surface area contributed by atoms with E-state index in [-0.39, 0.29) is 4.90 Å². The van der Waals surface area contributed by atoms with Crippen molar-refractivity contribution in [1.29, 1.82) is 5.26 Å². The average molecular weight is 389 g/mol. The third kappa shape index (κ3) is 2.90. The van der Waals surface area contributed by atoms with Crippen LogP contribution in [0.3, 0.4) is 0 Å². The Bertz CT molecular complexity index is 955. The third-order valence-electron chi connectivity index (χ3n) is 3.79. The summed E-state index contributed by atoms with van der Waals surface area (Å²) in [5.41, 5.74) is 3.78. The Morgan fingerprint density at radius 3 is 2.52 bits per heavy atom. The van der Waals surface area contributed by atoms with Crippen molar-refractivity contribution in [2.45, 2.75) is 18.2 Å². The molecule has 0 bridgehead atoms. The van der Waals surface area contributed by atoms with Gasteiger partial charge in [-0.2, -0.15) is 5.26 Å². The number of allylic oxidation sites excluding steroid dienone is 2. The Kier molecular flexibility index (Phi) is 4.00. The lowest BCUT2D eigenvalue weighted by Gasteiger charge is -2.14. The monoisotopic (exact) mass is 388 g/mol. The van der Waals surface area contributed by atoms with Crippen molar-refractivity contribution >= 4 is 37.2 Å². The zero-order valence-electron chi connectivity index (χ0n) is 12.3. The number of nitriles is 1. The van der Waals surface area contributed by atoms with Gasteiger partial charge in [-0.05, 0) is 54.8 Å². The Hall–Kier alpha value is -2.10. The molecule has 0 aliphatic heterocycles. The van der Waals surface area contributed by atoms with E-state index < -0.39 is 10.0 Å². The number of benzene rings is 2. The van der Waals surface area contributed by atoms with Crippen LogP contribution in [0.15, 0.2) is 51.8 Å². The van der Waals surface area contributed by atoms with Gasteiger partial charge in [-0.15, -0.1) is 0 Å². The minimum Gasteiger partial charge on any atom is -0.279 e. The van der Waals surface area contributed by atoms with Crippen LogP contribution in [-0.2, 0) is 16.4 Å². The molecule has 0 aromatic heterocycles. The summed E-state index contributed by atoms with van der Waals surface area (Å²) in [4.78, 5) is 0.196. The quantitative estimate of drug-likeness (QED) is 0.862. The largest absolute Gasteiger partial charge is 0.279 e. The van der Waals surface area contributed by atoms with Gasteiger partial charge in [0.05, 0.1) is 22.2 Å². The van der Waals surface area contributed by atoms with E-state index in [4.69, 9.17) is 0 Å². The second-order valence-corrected chi connectivity index (χ2v) is 7.87. The number of sulfonamides is 1. The van der Waals surface area contributed by atoms with Crippen molar-refractivity contribution in [1.82, 2.24) is 0 Å². The van der Waals surface area contributed by atoms with E-state index in [9.17, 15) is 13.7 Å². The number of hydrogen-bond donors (Lipinski definition) is 1. The molecule has 0 amide bonds. The number of fused-ring (bicyclic) bond motifs is 1. The summed E-state index contributed by atoms with van der Waals surface area (Å²) in [6, 6.07) is 12.2. The molecule has 0 spiro atoms. The van der Waals surface area contributed by atoms with E-state index in [1.807, 2.05) is 19.1 Å². The van der Waals surface area contributed by atoms with Crippen LogP contribution in [0.2, 0.25) is 0 Å². The zero-order chi connectivity index (χ0) is 16.6. The number of anilines is 1. The molecule has 0 fully saturated rings. The van der Waals surface area contributed by atoms with Gasteiger partial charge in [0.2, 0.25) is 0 Å². The predicted molar refractivity (Wildman–Crippen MR) is 93.4 cm³/mol. The second kappa shape index (κ2) is 5.84. The van der Waals surface area contributed by atoms with Gasteiger partial charge in [0.25, 0.3) is 10.0 Å². The minimum absolute atomic E-state index is 0.196. The molecular formula is C17H13BrN2O2S. The first-order valence-electron chi connectivity index (χ1n) is 6.94. The molecule has 1 N–H and O–H groups in total. The van der Waals surface area contributed by atoms with Gasteiger partial charge < -0.3 is 0 Å². The molecule has 2 aromatic rings. The maximum atomic E-state index is 12.5. The van der Waals surface area contributed by atoms with Crippen molar-refractivity contribution in [3.63, 3.8) is 0 Å². The highest BCUT2D eigenvalue weighted by Crippen LogP contribution is 2.35. The lowest BCUT2D eigenvalue weighted by molar-refractivity contribution is 0.601. The summed E-state index contributed by atoms with van der Waals surface area (Å²) in [6.07, 6.45) is 2.38. The Labute approximate surface area is 143 Å². The Balaban J connectivity index is 2.01. The lowest BCUT2D eigenvalue weighted by atomic mass is 9.99. The van der Waals surface area contributed by atoms with Crippen LogP contribution in [0.5, 0.6) is 0 Å². The van der Waals surface area contributed by atoms with Gasteiger partial charge in [-0.3, -0.25) is 4.72 Å². The van der Waals surface area contributed by atoms with Crippen molar-refractivity contribution in [3.8, 4) is 6.07 Å². The van der Waals surface area contributed by atoms with E-state index >= 15 is 0 Å². The maximum Gasteiger partial charge on any atom is 0.261 e. The van der Waals surface area contributed by atoms with Gasteiger partial charge in [-0.25, -0.2) is 8.42 Å². The molecule has 1 aliphatic rings. The van der Waals surface area contributed by atoms with E-state index in [1.54, 1.807) is 30.3 Å². The van der Waals surface area contributed by atoms with Crippen molar-refractivity contribution in [2.75, 3.05) is 4.72 Å². The number of rotatable bonds is 3. The van der Waals surface area contributed by atoms with Crippen LogP contribution < -0.4 is 4.72 Å². The van der Waals surface area contributed by atoms with Crippen molar-refractivity contribution in [3.05, 3.63) is 63.6 Å². The van der Waals surface area contributed by atoms with E-state index in [2.05, 4.69) is 26.7 Å². The fraction of sp³-hybridized carbons (Fsp3) is 0.118. The molecule has 6 heteroatoms. The van der Waals surface area contributed by atoms with E-state index in [0.29, 0.717) is 17.7 Å². The molecule has 0 unspecified atom stereocenters. The fourth-order valence-corrected chi connectivity index (χ4v) is 4.03. The molecular weight excluding hydrogens is 376 g/mol. The van der Waals surface area contributed by atoms with Gasteiger partial charge in [0, 0.05) is 10.0 Å². The van der Waals surface area contributed by atoms with Crippen molar-refractivity contribution in [2.24, 2.45) is 0 Å². The summed E-state index contributed by atoms with van der Waals surface area (Å²) in [5, 5.41) is 9.20. The first kappa shape index (κ1) is 15.8. The van der Waals surface area contributed by atoms with Crippen LogP contribution in [0.1, 0.15) is 16.7 Å². The van der Waals surface area contributed by atoms with Crippen LogP contribution in [0.25, 0.3) is 5.57 Å². The highest BCUT2D eigenvalue weighted by atomic mass is 79.9. The zero-order valence-corrected chi connectivity index (χ0v) is 14.7.